The zero-order chi connectivity index (χ0) is 9.84. The first kappa shape index (κ1) is 9.64. The van der Waals surface area contributed by atoms with Gasteiger partial charge in [-0.25, -0.2) is 9.97 Å². The van der Waals surface area contributed by atoms with Crippen LogP contribution in [0.2, 0.25) is 0 Å². The normalized spacial score (nSPS) is 9.77. The number of amides is 1. The van der Waals surface area contributed by atoms with Crippen molar-refractivity contribution < 1.29 is 4.79 Å². The highest BCUT2D eigenvalue weighted by atomic mass is 16.1. The molecule has 1 aromatic heterocycles. The Bertz CT molecular complexity index is 302. The third kappa shape index (κ3) is 2.02. The summed E-state index contributed by atoms with van der Waals surface area (Å²) in [5, 5.41) is 2.72. The first-order valence-corrected chi connectivity index (χ1v) is 4.23. The van der Waals surface area contributed by atoms with E-state index in [4.69, 9.17) is 0 Å². The second-order valence-electron chi connectivity index (χ2n) is 2.78. The topological polar surface area (TPSA) is 54.9 Å². The van der Waals surface area contributed by atoms with E-state index in [2.05, 4.69) is 15.3 Å². The number of rotatable bonds is 2. The molecule has 0 aliphatic carbocycles. The van der Waals surface area contributed by atoms with Gasteiger partial charge in [0.05, 0.1) is 17.0 Å². The first-order valence-electron chi connectivity index (χ1n) is 4.23. The summed E-state index contributed by atoms with van der Waals surface area (Å²) in [5.74, 6) is -0.0990. The summed E-state index contributed by atoms with van der Waals surface area (Å²) in [6.07, 6.45) is 1.47. The summed E-state index contributed by atoms with van der Waals surface area (Å²) >= 11 is 0. The van der Waals surface area contributed by atoms with E-state index in [0.29, 0.717) is 12.1 Å². The molecule has 0 spiro atoms. The van der Waals surface area contributed by atoms with Gasteiger partial charge in [-0.2, -0.15) is 0 Å². The Morgan fingerprint density at radius 3 is 2.38 bits per heavy atom. The minimum absolute atomic E-state index is 0.0990. The van der Waals surface area contributed by atoms with E-state index in [0.717, 1.165) is 11.4 Å². The van der Waals surface area contributed by atoms with Crippen molar-refractivity contribution in [2.45, 2.75) is 20.8 Å². The molecule has 1 N–H and O–H groups in total. The van der Waals surface area contributed by atoms with Crippen LogP contribution in [0, 0.1) is 13.8 Å². The lowest BCUT2D eigenvalue weighted by Gasteiger charge is -2.06. The molecule has 0 unspecified atom stereocenters. The molecule has 0 fully saturated rings. The molecule has 1 heterocycles. The molecule has 13 heavy (non-hydrogen) atoms. The summed E-state index contributed by atoms with van der Waals surface area (Å²) in [7, 11) is 0. The fourth-order valence-corrected chi connectivity index (χ4v) is 1.17. The molecule has 4 nitrogen and oxygen atoms in total. The molecule has 0 saturated heterocycles. The maximum absolute atomic E-state index is 11.5. The molecule has 0 bridgehead atoms. The summed E-state index contributed by atoms with van der Waals surface area (Å²) in [4.78, 5) is 19.4. The van der Waals surface area contributed by atoms with E-state index in [-0.39, 0.29) is 5.91 Å². The first-order chi connectivity index (χ1) is 6.16. The molecule has 0 aliphatic rings. The largest absolute Gasteiger partial charge is 0.352 e. The van der Waals surface area contributed by atoms with Gasteiger partial charge in [-0.1, -0.05) is 0 Å². The second kappa shape index (κ2) is 3.98. The van der Waals surface area contributed by atoms with Crippen LogP contribution in [0.25, 0.3) is 0 Å². The van der Waals surface area contributed by atoms with Crippen molar-refractivity contribution in [2.75, 3.05) is 6.54 Å². The summed E-state index contributed by atoms with van der Waals surface area (Å²) in [6, 6.07) is 0. The Morgan fingerprint density at radius 1 is 1.38 bits per heavy atom. The van der Waals surface area contributed by atoms with Crippen LogP contribution in [0.4, 0.5) is 0 Å². The minimum Gasteiger partial charge on any atom is -0.352 e. The van der Waals surface area contributed by atoms with E-state index in [9.17, 15) is 4.79 Å². The van der Waals surface area contributed by atoms with Crippen molar-refractivity contribution in [3.8, 4) is 0 Å². The maximum Gasteiger partial charge on any atom is 0.254 e. The van der Waals surface area contributed by atoms with Gasteiger partial charge in [0.2, 0.25) is 0 Å². The average Bonchev–Trinajstić information content (AvgIpc) is 2.04. The molecule has 0 aliphatic heterocycles. The second-order valence-corrected chi connectivity index (χ2v) is 2.78. The summed E-state index contributed by atoms with van der Waals surface area (Å²) in [6.45, 7) is 6.11. The predicted molar refractivity (Wildman–Crippen MR) is 49.5 cm³/mol. The van der Waals surface area contributed by atoms with Crippen LogP contribution in [0.15, 0.2) is 6.33 Å². The van der Waals surface area contributed by atoms with Crippen molar-refractivity contribution in [1.29, 1.82) is 0 Å². The van der Waals surface area contributed by atoms with Gasteiger partial charge in [0, 0.05) is 6.54 Å². The lowest BCUT2D eigenvalue weighted by atomic mass is 10.1. The highest BCUT2D eigenvalue weighted by Gasteiger charge is 2.12. The van der Waals surface area contributed by atoms with Crippen molar-refractivity contribution in [3.63, 3.8) is 0 Å². The van der Waals surface area contributed by atoms with Gasteiger partial charge >= 0.3 is 0 Å². The van der Waals surface area contributed by atoms with Crippen LogP contribution < -0.4 is 5.32 Å². The van der Waals surface area contributed by atoms with E-state index in [1.54, 1.807) is 13.8 Å². The number of aryl methyl sites for hydroxylation is 2. The maximum atomic E-state index is 11.5. The van der Waals surface area contributed by atoms with Gasteiger partial charge in [-0.3, -0.25) is 4.79 Å². The smallest absolute Gasteiger partial charge is 0.254 e. The molecule has 1 rings (SSSR count). The van der Waals surface area contributed by atoms with Crippen molar-refractivity contribution in [1.82, 2.24) is 15.3 Å². The monoisotopic (exact) mass is 179 g/mol. The molecule has 0 atom stereocenters. The molecular formula is C9H13N3O. The van der Waals surface area contributed by atoms with Crippen LogP contribution in [-0.2, 0) is 0 Å². The third-order valence-electron chi connectivity index (χ3n) is 1.79. The molecule has 0 saturated carbocycles. The molecule has 1 amide bonds. The number of hydrogen-bond donors (Lipinski definition) is 1. The molecule has 4 heteroatoms. The Morgan fingerprint density at radius 2 is 1.92 bits per heavy atom. The van der Waals surface area contributed by atoms with Crippen molar-refractivity contribution >= 4 is 5.91 Å². The van der Waals surface area contributed by atoms with Crippen LogP contribution in [0.3, 0.4) is 0 Å². The van der Waals surface area contributed by atoms with Crippen molar-refractivity contribution in [3.05, 3.63) is 23.3 Å². The van der Waals surface area contributed by atoms with E-state index >= 15 is 0 Å². The minimum atomic E-state index is -0.0990. The highest BCUT2D eigenvalue weighted by molar-refractivity contribution is 5.96. The van der Waals surface area contributed by atoms with Gasteiger partial charge in [0.15, 0.2) is 0 Å². The standard InChI is InChI=1S/C9H13N3O/c1-4-10-9(13)8-6(2)11-5-12-7(8)3/h5H,4H2,1-3H3,(H,10,13). The molecule has 0 aromatic carbocycles. The summed E-state index contributed by atoms with van der Waals surface area (Å²) < 4.78 is 0. The van der Waals surface area contributed by atoms with E-state index in [1.165, 1.54) is 6.33 Å². The Kier molecular flexibility index (Phi) is 2.95. The quantitative estimate of drug-likeness (QED) is 0.732. The van der Waals surface area contributed by atoms with Crippen LogP contribution >= 0.6 is 0 Å². The number of nitrogens with one attached hydrogen (secondary N) is 1. The lowest BCUT2D eigenvalue weighted by Crippen LogP contribution is -2.25. The van der Waals surface area contributed by atoms with Gasteiger partial charge in [0.1, 0.15) is 6.33 Å². The zero-order valence-electron chi connectivity index (χ0n) is 8.09. The van der Waals surface area contributed by atoms with E-state index < -0.39 is 0 Å². The average molecular weight is 179 g/mol. The van der Waals surface area contributed by atoms with Crippen LogP contribution in [-0.4, -0.2) is 22.4 Å². The fourth-order valence-electron chi connectivity index (χ4n) is 1.17. The van der Waals surface area contributed by atoms with Gasteiger partial charge in [0.25, 0.3) is 5.91 Å². The lowest BCUT2D eigenvalue weighted by molar-refractivity contribution is 0.0953. The summed E-state index contributed by atoms with van der Waals surface area (Å²) in [5.41, 5.74) is 2.03. The predicted octanol–water partition coefficient (Wildman–Crippen LogP) is 0.843. The zero-order valence-corrected chi connectivity index (χ0v) is 8.09. The van der Waals surface area contributed by atoms with Crippen LogP contribution in [0.1, 0.15) is 28.7 Å². The molecule has 1 aromatic rings. The number of aromatic nitrogens is 2. The number of nitrogens with zero attached hydrogens (tertiary/aromatic N) is 2. The number of carbonyl (C=O) groups excluding carboxylic acids is 1. The molecule has 0 radical (unpaired) electrons. The molecular weight excluding hydrogens is 166 g/mol. The van der Waals surface area contributed by atoms with Crippen LogP contribution in [0.5, 0.6) is 0 Å². The van der Waals surface area contributed by atoms with E-state index in [1.807, 2.05) is 6.92 Å². The SMILES string of the molecule is CCNC(=O)c1c(C)ncnc1C. The Labute approximate surface area is 77.4 Å². The van der Waals surface area contributed by atoms with Gasteiger partial charge in [-0.15, -0.1) is 0 Å². The van der Waals surface area contributed by atoms with Gasteiger partial charge in [-0.05, 0) is 20.8 Å². The number of carbonyl (C=O) groups is 1. The Balaban J connectivity index is 3.05. The number of hydrogen-bond acceptors (Lipinski definition) is 3. The van der Waals surface area contributed by atoms with Gasteiger partial charge < -0.3 is 5.32 Å². The molecule has 70 valence electrons. The third-order valence-corrected chi connectivity index (χ3v) is 1.79. The highest BCUT2D eigenvalue weighted by Crippen LogP contribution is 2.07. The Hall–Kier alpha value is -1.45. The fraction of sp³-hybridized carbons (Fsp3) is 0.444. The van der Waals surface area contributed by atoms with Crippen molar-refractivity contribution in [2.24, 2.45) is 0 Å².